The van der Waals surface area contributed by atoms with Crippen LogP contribution in [-0.2, 0) is 4.74 Å². The molecular weight excluding hydrogens is 441 g/mol. The Kier molecular flexibility index (Phi) is 14.8. The van der Waals surface area contributed by atoms with Crippen molar-refractivity contribution >= 4 is 29.9 Å². The lowest BCUT2D eigenvalue weighted by Crippen LogP contribution is -2.45. The fourth-order valence-corrected chi connectivity index (χ4v) is 3.56. The van der Waals surface area contributed by atoms with Gasteiger partial charge in [0.1, 0.15) is 0 Å². The van der Waals surface area contributed by atoms with Crippen LogP contribution in [0.4, 0.5) is 0 Å². The van der Waals surface area contributed by atoms with E-state index in [-0.39, 0.29) is 24.0 Å². The topological polar surface area (TPSA) is 52.1 Å². The van der Waals surface area contributed by atoms with Crippen molar-refractivity contribution in [2.24, 2.45) is 4.99 Å². The van der Waals surface area contributed by atoms with Gasteiger partial charge in [-0.2, -0.15) is 0 Å². The van der Waals surface area contributed by atoms with Crippen molar-refractivity contribution in [2.45, 2.75) is 65.6 Å². The van der Waals surface area contributed by atoms with Crippen molar-refractivity contribution in [3.05, 3.63) is 0 Å². The summed E-state index contributed by atoms with van der Waals surface area (Å²) in [6.07, 6.45) is 2.51. The van der Waals surface area contributed by atoms with E-state index < -0.39 is 0 Å². The van der Waals surface area contributed by atoms with Crippen LogP contribution in [0.5, 0.6) is 0 Å². The van der Waals surface area contributed by atoms with Crippen molar-refractivity contribution in [2.75, 3.05) is 53.0 Å². The van der Waals surface area contributed by atoms with Gasteiger partial charge >= 0.3 is 0 Å². The molecule has 1 heterocycles. The van der Waals surface area contributed by atoms with E-state index in [0.717, 1.165) is 45.3 Å². The summed E-state index contributed by atoms with van der Waals surface area (Å²) in [6, 6.07) is 1.68. The third-order valence-electron chi connectivity index (χ3n) is 4.88. The molecule has 1 unspecified atom stereocenters. The summed E-state index contributed by atoms with van der Waals surface area (Å²) in [5, 5.41) is 6.87. The molecule has 156 valence electrons. The second-order valence-corrected chi connectivity index (χ2v) is 7.40. The first-order valence-corrected chi connectivity index (χ1v) is 10.0. The fraction of sp³-hybridized carbons (Fsp3) is 0.947. The van der Waals surface area contributed by atoms with E-state index in [9.17, 15) is 0 Å². The second-order valence-electron chi connectivity index (χ2n) is 7.40. The summed E-state index contributed by atoms with van der Waals surface area (Å²) in [4.78, 5) is 9.84. The molecule has 6 nitrogen and oxygen atoms in total. The molecule has 2 N–H and O–H groups in total. The van der Waals surface area contributed by atoms with Crippen LogP contribution >= 0.6 is 24.0 Å². The molecule has 1 aliphatic rings. The van der Waals surface area contributed by atoms with Crippen LogP contribution in [-0.4, -0.2) is 86.9 Å². The summed E-state index contributed by atoms with van der Waals surface area (Å²) < 4.78 is 5.22. The lowest BCUT2D eigenvalue weighted by molar-refractivity contribution is 0.142. The number of guanidine groups is 1. The molecule has 1 aliphatic heterocycles. The van der Waals surface area contributed by atoms with Crippen molar-refractivity contribution in [1.82, 2.24) is 20.4 Å². The van der Waals surface area contributed by atoms with Crippen LogP contribution < -0.4 is 10.6 Å². The van der Waals surface area contributed by atoms with E-state index in [1.165, 1.54) is 19.4 Å². The fourth-order valence-electron chi connectivity index (χ4n) is 3.56. The molecule has 0 radical (unpaired) electrons. The van der Waals surface area contributed by atoms with Crippen molar-refractivity contribution in [3.63, 3.8) is 0 Å². The highest BCUT2D eigenvalue weighted by Gasteiger charge is 2.23. The highest BCUT2D eigenvalue weighted by molar-refractivity contribution is 14.0. The molecule has 1 rings (SSSR count). The highest BCUT2D eigenvalue weighted by Crippen LogP contribution is 2.16. The van der Waals surface area contributed by atoms with Crippen LogP contribution in [0.2, 0.25) is 0 Å². The van der Waals surface area contributed by atoms with Crippen molar-refractivity contribution in [1.29, 1.82) is 0 Å². The van der Waals surface area contributed by atoms with Gasteiger partial charge in [0.2, 0.25) is 0 Å². The monoisotopic (exact) mass is 483 g/mol. The van der Waals surface area contributed by atoms with Gasteiger partial charge in [0, 0.05) is 51.4 Å². The Morgan fingerprint density at radius 2 is 1.92 bits per heavy atom. The molecule has 26 heavy (non-hydrogen) atoms. The summed E-state index contributed by atoms with van der Waals surface area (Å²) in [6.45, 7) is 17.8. The zero-order chi connectivity index (χ0) is 18.7. The van der Waals surface area contributed by atoms with Gasteiger partial charge in [0.05, 0.1) is 13.2 Å². The first-order chi connectivity index (χ1) is 12.0. The maximum absolute atomic E-state index is 5.22. The van der Waals surface area contributed by atoms with Gasteiger partial charge < -0.3 is 15.4 Å². The van der Waals surface area contributed by atoms with E-state index in [1.807, 2.05) is 0 Å². The Bertz CT molecular complexity index is 371. The zero-order valence-electron chi connectivity index (χ0n) is 17.8. The molecule has 0 aliphatic carbocycles. The number of hydrogen-bond donors (Lipinski definition) is 2. The SMILES string of the molecule is CCNC(=NCC1CCCN1CCOC)NCCN(C(C)C)C(C)C.I. The van der Waals surface area contributed by atoms with Gasteiger partial charge in [0.25, 0.3) is 0 Å². The lowest BCUT2D eigenvalue weighted by Gasteiger charge is -2.30. The van der Waals surface area contributed by atoms with E-state index >= 15 is 0 Å². The van der Waals surface area contributed by atoms with Gasteiger partial charge in [-0.3, -0.25) is 14.8 Å². The lowest BCUT2D eigenvalue weighted by atomic mass is 10.2. The molecule has 0 saturated carbocycles. The third kappa shape index (κ3) is 9.71. The highest BCUT2D eigenvalue weighted by atomic mass is 127. The minimum absolute atomic E-state index is 0. The molecule has 1 saturated heterocycles. The third-order valence-corrected chi connectivity index (χ3v) is 4.88. The number of nitrogens with one attached hydrogen (secondary N) is 2. The van der Waals surface area contributed by atoms with E-state index in [4.69, 9.17) is 9.73 Å². The molecule has 0 bridgehead atoms. The number of methoxy groups -OCH3 is 1. The van der Waals surface area contributed by atoms with Crippen LogP contribution in [0.3, 0.4) is 0 Å². The minimum Gasteiger partial charge on any atom is -0.383 e. The number of hydrogen-bond acceptors (Lipinski definition) is 4. The average molecular weight is 483 g/mol. The Balaban J connectivity index is 0.00000625. The molecule has 0 aromatic rings. The summed E-state index contributed by atoms with van der Waals surface area (Å²) in [7, 11) is 1.77. The van der Waals surface area contributed by atoms with Gasteiger partial charge in [-0.15, -0.1) is 24.0 Å². The van der Waals surface area contributed by atoms with Crippen LogP contribution in [0, 0.1) is 0 Å². The van der Waals surface area contributed by atoms with E-state index in [0.29, 0.717) is 18.1 Å². The predicted octanol–water partition coefficient (Wildman–Crippen LogP) is 2.39. The molecule has 0 spiro atoms. The molecule has 1 atom stereocenters. The molecule has 1 fully saturated rings. The first-order valence-electron chi connectivity index (χ1n) is 10.0. The Hall–Kier alpha value is -0.120. The number of rotatable bonds is 11. The number of aliphatic imine (C=N–C) groups is 1. The first kappa shape index (κ1) is 25.9. The van der Waals surface area contributed by atoms with Crippen LogP contribution in [0.15, 0.2) is 4.99 Å². The zero-order valence-corrected chi connectivity index (χ0v) is 20.1. The second kappa shape index (κ2) is 14.9. The van der Waals surface area contributed by atoms with Crippen LogP contribution in [0.1, 0.15) is 47.5 Å². The molecule has 0 amide bonds. The summed E-state index contributed by atoms with van der Waals surface area (Å²) in [5.41, 5.74) is 0. The molecule has 0 aromatic heterocycles. The molecule has 7 heteroatoms. The van der Waals surface area contributed by atoms with Crippen molar-refractivity contribution in [3.8, 4) is 0 Å². The van der Waals surface area contributed by atoms with Crippen LogP contribution in [0.25, 0.3) is 0 Å². The maximum Gasteiger partial charge on any atom is 0.191 e. The Labute approximate surface area is 178 Å². The minimum atomic E-state index is 0. The smallest absolute Gasteiger partial charge is 0.191 e. The van der Waals surface area contributed by atoms with Gasteiger partial charge in [0.15, 0.2) is 5.96 Å². The van der Waals surface area contributed by atoms with Gasteiger partial charge in [-0.05, 0) is 54.0 Å². The largest absolute Gasteiger partial charge is 0.383 e. The molecule has 0 aromatic carbocycles. The average Bonchev–Trinajstić information content (AvgIpc) is 3.01. The summed E-state index contributed by atoms with van der Waals surface area (Å²) >= 11 is 0. The normalized spacial score (nSPS) is 18.7. The van der Waals surface area contributed by atoms with E-state index in [1.54, 1.807) is 7.11 Å². The number of ether oxygens (including phenoxy) is 1. The van der Waals surface area contributed by atoms with Crippen molar-refractivity contribution < 1.29 is 4.74 Å². The quantitative estimate of drug-likeness (QED) is 0.269. The number of likely N-dealkylation sites (tertiary alicyclic amines) is 1. The Morgan fingerprint density at radius 1 is 1.23 bits per heavy atom. The number of halogens is 1. The van der Waals surface area contributed by atoms with E-state index in [2.05, 4.69) is 55.1 Å². The Morgan fingerprint density at radius 3 is 2.50 bits per heavy atom. The number of nitrogens with zero attached hydrogens (tertiary/aromatic N) is 3. The van der Waals surface area contributed by atoms with Gasteiger partial charge in [-0.25, -0.2) is 0 Å². The summed E-state index contributed by atoms with van der Waals surface area (Å²) in [5.74, 6) is 0.938. The predicted molar refractivity (Wildman–Crippen MR) is 123 cm³/mol. The maximum atomic E-state index is 5.22. The molecular formula is C19H42IN5O. The van der Waals surface area contributed by atoms with Gasteiger partial charge in [-0.1, -0.05) is 0 Å². The standard InChI is InChI=1S/C19H41N5O.HI/c1-7-20-19(21-10-12-24(16(2)3)17(4)5)22-15-18-9-8-11-23(18)13-14-25-6;/h16-18H,7-15H2,1-6H3,(H2,20,21,22);1H.